The van der Waals surface area contributed by atoms with Gasteiger partial charge in [0.15, 0.2) is 0 Å². The van der Waals surface area contributed by atoms with E-state index in [4.69, 9.17) is 0 Å². The molecule has 1 aliphatic heterocycles. The summed E-state index contributed by atoms with van der Waals surface area (Å²) in [6.45, 7) is 15.8. The lowest BCUT2D eigenvalue weighted by Gasteiger charge is -2.28. The van der Waals surface area contributed by atoms with E-state index >= 15 is 0 Å². The van der Waals surface area contributed by atoms with E-state index in [0.29, 0.717) is 17.8 Å². The Balaban J connectivity index is 1.40. The standard InChI is InChI=1S/C29H38N2/c1-20(2)25-10-7-11-26(21(3)4)29(25)31-18-17-30(19-31)16-8-9-24-14-15-27-22(5)12-13-23(6)28(24)27/h7,10-15,17-18,20-21,24H,8-9,16,19H2,1-6H3. The Morgan fingerprint density at radius 2 is 1.58 bits per heavy atom. The van der Waals surface area contributed by atoms with E-state index in [1.807, 2.05) is 0 Å². The number of anilines is 1. The average Bonchev–Trinajstić information content (AvgIpc) is 3.38. The van der Waals surface area contributed by atoms with Gasteiger partial charge in [-0.25, -0.2) is 0 Å². The van der Waals surface area contributed by atoms with E-state index in [-0.39, 0.29) is 0 Å². The molecule has 2 aromatic rings. The summed E-state index contributed by atoms with van der Waals surface area (Å²) in [7, 11) is 0. The van der Waals surface area contributed by atoms with Crippen molar-refractivity contribution in [2.24, 2.45) is 0 Å². The molecule has 4 rings (SSSR count). The summed E-state index contributed by atoms with van der Waals surface area (Å²) in [5.74, 6) is 1.63. The van der Waals surface area contributed by atoms with Crippen molar-refractivity contribution >= 4 is 11.8 Å². The molecule has 2 aromatic carbocycles. The summed E-state index contributed by atoms with van der Waals surface area (Å²) in [5, 5.41) is 0. The molecule has 0 bridgehead atoms. The quantitative estimate of drug-likeness (QED) is 0.458. The van der Waals surface area contributed by atoms with Crippen molar-refractivity contribution in [3.8, 4) is 0 Å². The van der Waals surface area contributed by atoms with Gasteiger partial charge < -0.3 is 9.80 Å². The molecular formula is C29H38N2. The average molecular weight is 415 g/mol. The van der Waals surface area contributed by atoms with E-state index in [0.717, 1.165) is 13.2 Å². The first-order chi connectivity index (χ1) is 14.9. The van der Waals surface area contributed by atoms with Crippen LogP contribution in [0.1, 0.15) is 91.7 Å². The van der Waals surface area contributed by atoms with Gasteiger partial charge in [0.1, 0.15) is 0 Å². The zero-order valence-electron chi connectivity index (χ0n) is 20.2. The largest absolute Gasteiger partial charge is 0.358 e. The molecule has 0 N–H and O–H groups in total. The topological polar surface area (TPSA) is 6.48 Å². The van der Waals surface area contributed by atoms with Crippen molar-refractivity contribution in [3.63, 3.8) is 0 Å². The molecule has 2 nitrogen and oxygen atoms in total. The molecule has 0 saturated heterocycles. The number of benzene rings is 2. The molecule has 0 amide bonds. The number of allylic oxidation sites excluding steroid dienone is 1. The number of nitrogens with zero attached hydrogens (tertiary/aromatic N) is 2. The minimum Gasteiger partial charge on any atom is -0.358 e. The van der Waals surface area contributed by atoms with E-state index in [1.54, 1.807) is 5.56 Å². The second-order valence-electron chi connectivity index (χ2n) is 9.95. The summed E-state index contributed by atoms with van der Waals surface area (Å²) in [6, 6.07) is 11.4. The van der Waals surface area contributed by atoms with Crippen molar-refractivity contribution in [1.29, 1.82) is 0 Å². The van der Waals surface area contributed by atoms with Crippen LogP contribution in [0.4, 0.5) is 5.69 Å². The number of fused-ring (bicyclic) bond motifs is 1. The highest BCUT2D eigenvalue weighted by molar-refractivity contribution is 5.67. The Morgan fingerprint density at radius 1 is 0.903 bits per heavy atom. The van der Waals surface area contributed by atoms with Gasteiger partial charge in [0.05, 0.1) is 6.67 Å². The number of hydrogen-bond acceptors (Lipinski definition) is 2. The molecule has 0 spiro atoms. The van der Waals surface area contributed by atoms with Crippen LogP contribution in [0, 0.1) is 13.8 Å². The van der Waals surface area contributed by atoms with Gasteiger partial charge in [-0.1, -0.05) is 70.2 Å². The zero-order valence-corrected chi connectivity index (χ0v) is 20.2. The summed E-state index contributed by atoms with van der Waals surface area (Å²) in [6.07, 6.45) is 11.8. The molecule has 0 saturated carbocycles. The van der Waals surface area contributed by atoms with Crippen molar-refractivity contribution in [1.82, 2.24) is 4.90 Å². The van der Waals surface area contributed by atoms with Crippen molar-refractivity contribution in [2.75, 3.05) is 18.1 Å². The molecule has 0 aromatic heterocycles. The molecule has 0 fully saturated rings. The van der Waals surface area contributed by atoms with Crippen molar-refractivity contribution in [2.45, 2.75) is 72.1 Å². The van der Waals surface area contributed by atoms with Gasteiger partial charge in [-0.2, -0.15) is 0 Å². The van der Waals surface area contributed by atoms with Crippen LogP contribution in [0.2, 0.25) is 0 Å². The second kappa shape index (κ2) is 8.94. The molecular weight excluding hydrogens is 376 g/mol. The third kappa shape index (κ3) is 4.31. The van der Waals surface area contributed by atoms with Crippen LogP contribution in [0.15, 0.2) is 48.8 Å². The number of hydrogen-bond donors (Lipinski definition) is 0. The van der Waals surface area contributed by atoms with Crippen LogP contribution >= 0.6 is 0 Å². The first-order valence-corrected chi connectivity index (χ1v) is 12.0. The van der Waals surface area contributed by atoms with Gasteiger partial charge in [0, 0.05) is 30.5 Å². The Bertz CT molecular complexity index is 970. The van der Waals surface area contributed by atoms with E-state index < -0.39 is 0 Å². The maximum atomic E-state index is 2.48. The van der Waals surface area contributed by atoms with Gasteiger partial charge in [-0.3, -0.25) is 0 Å². The van der Waals surface area contributed by atoms with E-state index in [2.05, 4.69) is 106 Å². The smallest absolute Gasteiger partial charge is 0.0942 e. The summed E-state index contributed by atoms with van der Waals surface area (Å²) in [4.78, 5) is 4.94. The number of rotatable bonds is 7. The molecule has 1 heterocycles. The van der Waals surface area contributed by atoms with Crippen LogP contribution in [0.3, 0.4) is 0 Å². The van der Waals surface area contributed by atoms with E-state index in [9.17, 15) is 0 Å². The highest BCUT2D eigenvalue weighted by Gasteiger charge is 2.23. The fraction of sp³-hybridized carbons (Fsp3) is 0.448. The van der Waals surface area contributed by atoms with Crippen LogP contribution in [-0.2, 0) is 0 Å². The molecule has 1 atom stereocenters. The van der Waals surface area contributed by atoms with Crippen molar-refractivity contribution < 1.29 is 0 Å². The first-order valence-electron chi connectivity index (χ1n) is 12.0. The third-order valence-corrected chi connectivity index (χ3v) is 6.97. The van der Waals surface area contributed by atoms with Gasteiger partial charge >= 0.3 is 0 Å². The highest BCUT2D eigenvalue weighted by atomic mass is 15.3. The fourth-order valence-electron chi connectivity index (χ4n) is 5.23. The zero-order chi connectivity index (χ0) is 22.1. The molecule has 2 aliphatic rings. The van der Waals surface area contributed by atoms with E-state index in [1.165, 1.54) is 46.3 Å². The minimum absolute atomic E-state index is 0.525. The number of aryl methyl sites for hydroxylation is 2. The second-order valence-corrected chi connectivity index (χ2v) is 9.95. The van der Waals surface area contributed by atoms with Crippen LogP contribution in [-0.4, -0.2) is 18.1 Å². The first kappa shape index (κ1) is 21.7. The molecule has 0 radical (unpaired) electrons. The van der Waals surface area contributed by atoms with Crippen molar-refractivity contribution in [3.05, 3.63) is 82.2 Å². The lowest BCUT2D eigenvalue weighted by molar-refractivity contribution is 0.389. The predicted octanol–water partition coefficient (Wildman–Crippen LogP) is 7.69. The Morgan fingerprint density at radius 3 is 2.26 bits per heavy atom. The monoisotopic (exact) mass is 414 g/mol. The summed E-state index contributed by atoms with van der Waals surface area (Å²) < 4.78 is 0. The SMILES string of the molecule is Cc1ccc(C)c2c1C=CC2CCCN1C=CN(c2c(C(C)C)cccc2C(C)C)C1. The van der Waals surface area contributed by atoms with Gasteiger partial charge in [0.25, 0.3) is 0 Å². The minimum atomic E-state index is 0.525. The Kier molecular flexibility index (Phi) is 6.27. The Hall–Kier alpha value is -2.48. The molecule has 1 aliphatic carbocycles. The summed E-state index contributed by atoms with van der Waals surface area (Å²) in [5.41, 5.74) is 10.2. The lowest BCUT2D eigenvalue weighted by atomic mass is 9.90. The van der Waals surface area contributed by atoms with Crippen LogP contribution in [0.25, 0.3) is 6.08 Å². The third-order valence-electron chi connectivity index (χ3n) is 6.97. The molecule has 1 unspecified atom stereocenters. The predicted molar refractivity (Wildman–Crippen MR) is 135 cm³/mol. The van der Waals surface area contributed by atoms with Gasteiger partial charge in [-0.05, 0) is 71.9 Å². The van der Waals surface area contributed by atoms with Gasteiger partial charge in [-0.15, -0.1) is 0 Å². The van der Waals surface area contributed by atoms with Gasteiger partial charge in [0.2, 0.25) is 0 Å². The molecule has 2 heteroatoms. The Labute approximate surface area is 189 Å². The normalized spacial score (nSPS) is 17.5. The summed E-state index contributed by atoms with van der Waals surface area (Å²) >= 11 is 0. The fourth-order valence-corrected chi connectivity index (χ4v) is 5.23. The lowest BCUT2D eigenvalue weighted by Crippen LogP contribution is -2.27. The van der Waals surface area contributed by atoms with Crippen LogP contribution in [0.5, 0.6) is 0 Å². The maximum Gasteiger partial charge on any atom is 0.0942 e. The maximum absolute atomic E-state index is 2.48. The number of para-hydroxylation sites is 1. The molecule has 31 heavy (non-hydrogen) atoms. The van der Waals surface area contributed by atoms with Crippen LogP contribution < -0.4 is 4.90 Å². The molecule has 164 valence electrons. The highest BCUT2D eigenvalue weighted by Crippen LogP contribution is 2.38.